The minimum Gasteiger partial charge on any atom is -0.480 e. The number of rotatable bonds is 5. The number of nitrogens with zero attached hydrogens (tertiary/aromatic N) is 1. The SMILES string of the molecule is O=C(O)COc1ccc(S(=O)(=O)N2CCc3ccccc3C2)cc1Cl. The van der Waals surface area contributed by atoms with Crippen LogP contribution in [0.2, 0.25) is 5.02 Å². The van der Waals surface area contributed by atoms with Crippen LogP contribution in [0.1, 0.15) is 11.1 Å². The number of aliphatic carboxylic acids is 1. The molecule has 0 bridgehead atoms. The molecule has 0 spiro atoms. The van der Waals surface area contributed by atoms with Crippen molar-refractivity contribution in [2.24, 2.45) is 0 Å². The van der Waals surface area contributed by atoms with Crippen LogP contribution in [-0.2, 0) is 27.8 Å². The summed E-state index contributed by atoms with van der Waals surface area (Å²) in [5.74, 6) is -1.01. The quantitative estimate of drug-likeness (QED) is 0.860. The van der Waals surface area contributed by atoms with Crippen molar-refractivity contribution >= 4 is 27.6 Å². The zero-order valence-electron chi connectivity index (χ0n) is 13.2. The van der Waals surface area contributed by atoms with E-state index in [4.69, 9.17) is 21.4 Å². The number of benzene rings is 2. The Morgan fingerprint density at radius 1 is 1.20 bits per heavy atom. The summed E-state index contributed by atoms with van der Waals surface area (Å²) >= 11 is 6.04. The average Bonchev–Trinajstić information content (AvgIpc) is 2.60. The van der Waals surface area contributed by atoms with E-state index in [9.17, 15) is 13.2 Å². The van der Waals surface area contributed by atoms with Crippen LogP contribution in [0.3, 0.4) is 0 Å². The highest BCUT2D eigenvalue weighted by Gasteiger charge is 2.28. The van der Waals surface area contributed by atoms with Crippen LogP contribution in [0.5, 0.6) is 5.75 Å². The van der Waals surface area contributed by atoms with E-state index >= 15 is 0 Å². The lowest BCUT2D eigenvalue weighted by Crippen LogP contribution is -2.35. The first kappa shape index (κ1) is 17.7. The lowest BCUT2D eigenvalue weighted by molar-refractivity contribution is -0.139. The lowest BCUT2D eigenvalue weighted by Gasteiger charge is -2.28. The Kier molecular flexibility index (Phi) is 4.99. The van der Waals surface area contributed by atoms with E-state index in [1.807, 2.05) is 24.3 Å². The second kappa shape index (κ2) is 7.03. The standard InChI is InChI=1S/C17H16ClNO5S/c18-15-9-14(5-6-16(15)24-11-17(20)21)25(22,23)19-8-7-12-3-1-2-4-13(12)10-19/h1-6,9H,7-8,10-11H2,(H,20,21). The summed E-state index contributed by atoms with van der Waals surface area (Å²) in [7, 11) is -3.70. The molecule has 132 valence electrons. The normalized spacial score (nSPS) is 14.8. The van der Waals surface area contributed by atoms with Crippen LogP contribution in [0, 0.1) is 0 Å². The molecule has 1 aliphatic rings. The average molecular weight is 382 g/mol. The third-order valence-corrected chi connectivity index (χ3v) is 6.12. The molecule has 25 heavy (non-hydrogen) atoms. The van der Waals surface area contributed by atoms with E-state index in [2.05, 4.69) is 0 Å². The highest BCUT2D eigenvalue weighted by atomic mass is 35.5. The van der Waals surface area contributed by atoms with Crippen LogP contribution in [0.25, 0.3) is 0 Å². The van der Waals surface area contributed by atoms with Crippen molar-refractivity contribution in [3.63, 3.8) is 0 Å². The Labute approximate surface area is 150 Å². The van der Waals surface area contributed by atoms with Crippen molar-refractivity contribution in [1.82, 2.24) is 4.31 Å². The predicted molar refractivity (Wildman–Crippen MR) is 92.3 cm³/mol. The van der Waals surface area contributed by atoms with E-state index in [0.717, 1.165) is 11.1 Å². The molecule has 0 amide bonds. The molecule has 3 rings (SSSR count). The molecule has 1 N–H and O–H groups in total. The van der Waals surface area contributed by atoms with Crippen molar-refractivity contribution in [2.45, 2.75) is 17.9 Å². The van der Waals surface area contributed by atoms with Crippen molar-refractivity contribution in [3.8, 4) is 5.75 Å². The minimum absolute atomic E-state index is 0.0551. The van der Waals surface area contributed by atoms with Crippen molar-refractivity contribution < 1.29 is 23.1 Å². The Bertz CT molecular complexity index is 913. The number of carbonyl (C=O) groups is 1. The van der Waals surface area contributed by atoms with E-state index in [0.29, 0.717) is 19.5 Å². The number of fused-ring (bicyclic) bond motifs is 1. The van der Waals surface area contributed by atoms with Gasteiger partial charge in [-0.05, 0) is 35.7 Å². The minimum atomic E-state index is -3.70. The summed E-state index contributed by atoms with van der Waals surface area (Å²) in [5.41, 5.74) is 2.15. The zero-order chi connectivity index (χ0) is 18.0. The molecule has 8 heteroatoms. The molecule has 0 fully saturated rings. The molecule has 0 saturated carbocycles. The third kappa shape index (κ3) is 3.78. The van der Waals surface area contributed by atoms with Crippen molar-refractivity contribution in [1.29, 1.82) is 0 Å². The van der Waals surface area contributed by atoms with E-state index in [1.165, 1.54) is 22.5 Å². The molecule has 2 aromatic carbocycles. The van der Waals surface area contributed by atoms with Gasteiger partial charge in [0.1, 0.15) is 5.75 Å². The first-order chi connectivity index (χ1) is 11.9. The Balaban J connectivity index is 1.83. The van der Waals surface area contributed by atoms with Crippen LogP contribution in [0.15, 0.2) is 47.4 Å². The molecule has 0 saturated heterocycles. The molecule has 0 radical (unpaired) electrons. The zero-order valence-corrected chi connectivity index (χ0v) is 14.8. The molecule has 0 aliphatic carbocycles. The molecule has 0 atom stereocenters. The first-order valence-corrected chi connectivity index (χ1v) is 9.41. The topological polar surface area (TPSA) is 83.9 Å². The summed E-state index contributed by atoms with van der Waals surface area (Å²) in [6.07, 6.45) is 0.656. The molecule has 2 aromatic rings. The molecule has 1 heterocycles. The van der Waals surface area contributed by atoms with Crippen LogP contribution >= 0.6 is 11.6 Å². The molecule has 6 nitrogen and oxygen atoms in total. The van der Waals surface area contributed by atoms with E-state index < -0.39 is 22.6 Å². The second-order valence-electron chi connectivity index (χ2n) is 5.63. The van der Waals surface area contributed by atoms with E-state index in [-0.39, 0.29) is 15.7 Å². The van der Waals surface area contributed by atoms with Gasteiger partial charge in [0.2, 0.25) is 10.0 Å². The van der Waals surface area contributed by atoms with Crippen LogP contribution in [-0.4, -0.2) is 37.0 Å². The fraction of sp³-hybridized carbons (Fsp3) is 0.235. The number of ether oxygens (including phenoxy) is 1. The van der Waals surface area contributed by atoms with Gasteiger partial charge in [0, 0.05) is 13.1 Å². The fourth-order valence-electron chi connectivity index (χ4n) is 2.72. The number of hydrogen-bond donors (Lipinski definition) is 1. The second-order valence-corrected chi connectivity index (χ2v) is 7.98. The number of hydrogen-bond acceptors (Lipinski definition) is 4. The lowest BCUT2D eigenvalue weighted by atomic mass is 10.0. The fourth-order valence-corrected chi connectivity index (χ4v) is 4.47. The largest absolute Gasteiger partial charge is 0.480 e. The van der Waals surface area contributed by atoms with Crippen molar-refractivity contribution in [3.05, 3.63) is 58.6 Å². The Hall–Kier alpha value is -2.09. The molecule has 0 unspecified atom stereocenters. The van der Waals surface area contributed by atoms with E-state index in [1.54, 1.807) is 0 Å². The van der Waals surface area contributed by atoms with Gasteiger partial charge in [0.25, 0.3) is 0 Å². The highest BCUT2D eigenvalue weighted by molar-refractivity contribution is 7.89. The summed E-state index contributed by atoms with van der Waals surface area (Å²) in [6, 6.07) is 11.8. The van der Waals surface area contributed by atoms with Crippen molar-refractivity contribution in [2.75, 3.05) is 13.2 Å². The third-order valence-electron chi connectivity index (χ3n) is 3.99. The van der Waals surface area contributed by atoms with Gasteiger partial charge < -0.3 is 9.84 Å². The highest BCUT2D eigenvalue weighted by Crippen LogP contribution is 2.30. The molecule has 0 aromatic heterocycles. The predicted octanol–water partition coefficient (Wildman–Crippen LogP) is 2.55. The maximum atomic E-state index is 12.9. The molecular weight excluding hydrogens is 366 g/mol. The first-order valence-electron chi connectivity index (χ1n) is 7.59. The van der Waals surface area contributed by atoms with Gasteiger partial charge in [0.15, 0.2) is 6.61 Å². The number of carboxylic acid groups (broad SMARTS) is 1. The number of sulfonamides is 1. The summed E-state index contributed by atoms with van der Waals surface area (Å²) in [4.78, 5) is 10.6. The van der Waals surface area contributed by atoms with Gasteiger partial charge in [-0.25, -0.2) is 13.2 Å². The van der Waals surface area contributed by atoms with Gasteiger partial charge >= 0.3 is 5.97 Å². The summed E-state index contributed by atoms with van der Waals surface area (Å²) in [5, 5.41) is 8.68. The Morgan fingerprint density at radius 2 is 1.92 bits per heavy atom. The van der Waals surface area contributed by atoms with Gasteiger partial charge in [-0.1, -0.05) is 35.9 Å². The summed E-state index contributed by atoms with van der Waals surface area (Å²) in [6.45, 7) is 0.163. The smallest absolute Gasteiger partial charge is 0.341 e. The maximum Gasteiger partial charge on any atom is 0.341 e. The van der Waals surface area contributed by atoms with Gasteiger partial charge in [0.05, 0.1) is 9.92 Å². The Morgan fingerprint density at radius 3 is 2.60 bits per heavy atom. The van der Waals surface area contributed by atoms with Gasteiger partial charge in [-0.2, -0.15) is 4.31 Å². The number of halogens is 1. The number of carboxylic acids is 1. The molecular formula is C17H16ClNO5S. The van der Waals surface area contributed by atoms with Gasteiger partial charge in [-0.15, -0.1) is 0 Å². The van der Waals surface area contributed by atoms with Gasteiger partial charge in [-0.3, -0.25) is 0 Å². The van der Waals surface area contributed by atoms with Crippen LogP contribution in [0.4, 0.5) is 0 Å². The monoisotopic (exact) mass is 381 g/mol. The summed E-state index contributed by atoms with van der Waals surface area (Å²) < 4.78 is 32.2. The van der Waals surface area contributed by atoms with Crippen LogP contribution < -0.4 is 4.74 Å². The maximum absolute atomic E-state index is 12.9. The molecule has 1 aliphatic heterocycles.